The Morgan fingerprint density at radius 2 is 2.00 bits per heavy atom. The predicted molar refractivity (Wildman–Crippen MR) is 115 cm³/mol. The van der Waals surface area contributed by atoms with E-state index in [-0.39, 0.29) is 11.9 Å². The van der Waals surface area contributed by atoms with E-state index in [0.29, 0.717) is 0 Å². The van der Waals surface area contributed by atoms with Crippen LogP contribution in [-0.4, -0.2) is 24.0 Å². The van der Waals surface area contributed by atoms with Gasteiger partial charge in [-0.1, -0.05) is 30.3 Å². The molecule has 146 valence electrons. The molecule has 0 aliphatic rings. The Morgan fingerprint density at radius 1 is 1.21 bits per heavy atom. The van der Waals surface area contributed by atoms with Gasteiger partial charge in [-0.15, -0.1) is 11.3 Å². The zero-order valence-electron chi connectivity index (χ0n) is 16.4. The van der Waals surface area contributed by atoms with Gasteiger partial charge < -0.3 is 15.4 Å². The molecule has 1 atom stereocenters. The van der Waals surface area contributed by atoms with Crippen molar-refractivity contribution in [2.75, 3.05) is 12.4 Å². The summed E-state index contributed by atoms with van der Waals surface area (Å²) in [6.45, 7) is 3.58. The molecule has 3 aromatic rings. The van der Waals surface area contributed by atoms with Crippen LogP contribution in [0.1, 0.15) is 25.8 Å². The number of ether oxygens (including phenoxy) is 1. The lowest BCUT2D eigenvalue weighted by atomic mass is 10.0. The number of thiazole rings is 1. The first-order valence-corrected chi connectivity index (χ1v) is 10.1. The SMILES string of the molecule is COc1cccc(Nc2nc(-c3ccc(CC[C@H](C)NC(C)=O)cc3)cs2)c1. The third-order valence-corrected chi connectivity index (χ3v) is 5.15. The van der Waals surface area contributed by atoms with Crippen LogP contribution in [0, 0.1) is 0 Å². The van der Waals surface area contributed by atoms with E-state index in [4.69, 9.17) is 4.74 Å². The summed E-state index contributed by atoms with van der Waals surface area (Å²) in [5.74, 6) is 0.829. The van der Waals surface area contributed by atoms with E-state index < -0.39 is 0 Å². The number of carbonyl (C=O) groups is 1. The third-order valence-electron chi connectivity index (χ3n) is 4.39. The molecule has 2 N–H and O–H groups in total. The number of nitrogens with one attached hydrogen (secondary N) is 2. The number of rotatable bonds is 8. The number of aromatic nitrogens is 1. The zero-order valence-corrected chi connectivity index (χ0v) is 17.2. The Kier molecular flexibility index (Phi) is 6.66. The molecule has 28 heavy (non-hydrogen) atoms. The van der Waals surface area contributed by atoms with Gasteiger partial charge in [0.1, 0.15) is 5.75 Å². The number of hydrogen-bond donors (Lipinski definition) is 2. The third kappa shape index (κ3) is 5.57. The minimum absolute atomic E-state index is 0.0183. The van der Waals surface area contributed by atoms with Crippen LogP contribution in [0.2, 0.25) is 0 Å². The highest BCUT2D eigenvalue weighted by Crippen LogP contribution is 2.28. The van der Waals surface area contributed by atoms with Gasteiger partial charge in [0.15, 0.2) is 5.13 Å². The number of methoxy groups -OCH3 is 1. The Labute approximate surface area is 169 Å². The molecule has 0 spiro atoms. The normalized spacial score (nSPS) is 11.7. The van der Waals surface area contributed by atoms with E-state index in [1.807, 2.05) is 31.2 Å². The summed E-state index contributed by atoms with van der Waals surface area (Å²) < 4.78 is 5.25. The maximum atomic E-state index is 11.1. The Bertz CT molecular complexity index is 922. The second-order valence-corrected chi connectivity index (χ2v) is 7.59. The standard InChI is InChI=1S/C22H25N3O2S/c1-15(23-16(2)26)7-8-17-9-11-18(12-10-17)21-14-28-22(25-21)24-19-5-4-6-20(13-19)27-3/h4-6,9-15H,7-8H2,1-3H3,(H,23,26)(H,24,25)/t15-/m0/s1. The highest BCUT2D eigenvalue weighted by atomic mass is 32.1. The van der Waals surface area contributed by atoms with Gasteiger partial charge in [0.2, 0.25) is 5.91 Å². The minimum Gasteiger partial charge on any atom is -0.497 e. The van der Waals surface area contributed by atoms with Crippen LogP contribution in [-0.2, 0) is 11.2 Å². The summed E-state index contributed by atoms with van der Waals surface area (Å²) in [4.78, 5) is 15.8. The second-order valence-electron chi connectivity index (χ2n) is 6.73. The average molecular weight is 396 g/mol. The van der Waals surface area contributed by atoms with Crippen molar-refractivity contribution in [2.24, 2.45) is 0 Å². The maximum absolute atomic E-state index is 11.1. The lowest BCUT2D eigenvalue weighted by molar-refractivity contribution is -0.119. The molecule has 0 aliphatic heterocycles. The molecule has 3 rings (SSSR count). The summed E-state index contributed by atoms with van der Waals surface area (Å²) in [7, 11) is 1.66. The van der Waals surface area contributed by atoms with Crippen LogP contribution in [0.4, 0.5) is 10.8 Å². The number of benzene rings is 2. The van der Waals surface area contributed by atoms with Gasteiger partial charge in [0.25, 0.3) is 0 Å². The van der Waals surface area contributed by atoms with Crippen molar-refractivity contribution in [3.05, 3.63) is 59.5 Å². The van der Waals surface area contributed by atoms with Gasteiger partial charge in [-0.3, -0.25) is 4.79 Å². The summed E-state index contributed by atoms with van der Waals surface area (Å²) in [6, 6.07) is 16.4. The maximum Gasteiger partial charge on any atom is 0.217 e. The Balaban J connectivity index is 1.60. The fraction of sp³-hybridized carbons (Fsp3) is 0.273. The quantitative estimate of drug-likeness (QED) is 0.562. The highest BCUT2D eigenvalue weighted by Gasteiger charge is 2.07. The van der Waals surface area contributed by atoms with Gasteiger partial charge in [-0.25, -0.2) is 4.98 Å². The van der Waals surface area contributed by atoms with Gasteiger partial charge in [-0.2, -0.15) is 0 Å². The molecular formula is C22H25N3O2S. The lowest BCUT2D eigenvalue weighted by Gasteiger charge is -2.12. The van der Waals surface area contributed by atoms with E-state index >= 15 is 0 Å². The van der Waals surface area contributed by atoms with Crippen molar-refractivity contribution in [1.82, 2.24) is 10.3 Å². The first kappa shape index (κ1) is 19.9. The fourth-order valence-electron chi connectivity index (χ4n) is 2.93. The van der Waals surface area contributed by atoms with E-state index in [2.05, 4.69) is 45.3 Å². The van der Waals surface area contributed by atoms with Crippen LogP contribution >= 0.6 is 11.3 Å². The van der Waals surface area contributed by atoms with Gasteiger partial charge >= 0.3 is 0 Å². The number of nitrogens with zero attached hydrogens (tertiary/aromatic N) is 1. The Morgan fingerprint density at radius 3 is 2.71 bits per heavy atom. The summed E-state index contributed by atoms with van der Waals surface area (Å²) >= 11 is 1.57. The molecule has 0 fully saturated rings. The van der Waals surface area contributed by atoms with Gasteiger partial charge in [0, 0.05) is 35.7 Å². The Hall–Kier alpha value is -2.86. The average Bonchev–Trinajstić information content (AvgIpc) is 3.15. The minimum atomic E-state index is 0.0183. The predicted octanol–water partition coefficient (Wildman–Crippen LogP) is 5.02. The van der Waals surface area contributed by atoms with E-state index in [1.165, 1.54) is 5.56 Å². The van der Waals surface area contributed by atoms with Crippen LogP contribution in [0.15, 0.2) is 53.9 Å². The molecule has 0 unspecified atom stereocenters. The van der Waals surface area contributed by atoms with E-state index in [1.54, 1.807) is 25.4 Å². The monoisotopic (exact) mass is 395 g/mol. The smallest absolute Gasteiger partial charge is 0.217 e. The topological polar surface area (TPSA) is 63.2 Å². The molecule has 0 saturated heterocycles. The molecule has 6 heteroatoms. The van der Waals surface area contributed by atoms with E-state index in [0.717, 1.165) is 40.7 Å². The number of amides is 1. The molecule has 1 aromatic heterocycles. The van der Waals surface area contributed by atoms with Crippen LogP contribution in [0.5, 0.6) is 5.75 Å². The number of anilines is 2. The molecule has 0 saturated carbocycles. The summed E-state index contributed by atoms with van der Waals surface area (Å²) in [5.41, 5.74) is 4.25. The largest absolute Gasteiger partial charge is 0.497 e. The highest BCUT2D eigenvalue weighted by molar-refractivity contribution is 7.14. The van der Waals surface area contributed by atoms with Gasteiger partial charge in [0.05, 0.1) is 12.8 Å². The van der Waals surface area contributed by atoms with Crippen molar-refractivity contribution >= 4 is 28.1 Å². The molecule has 5 nitrogen and oxygen atoms in total. The molecule has 1 heterocycles. The number of hydrogen-bond acceptors (Lipinski definition) is 5. The lowest BCUT2D eigenvalue weighted by Crippen LogP contribution is -2.30. The fourth-order valence-corrected chi connectivity index (χ4v) is 3.67. The van der Waals surface area contributed by atoms with Gasteiger partial charge in [-0.05, 0) is 37.5 Å². The van der Waals surface area contributed by atoms with Crippen molar-refractivity contribution < 1.29 is 9.53 Å². The molecule has 0 radical (unpaired) electrons. The van der Waals surface area contributed by atoms with E-state index in [9.17, 15) is 4.79 Å². The first-order valence-electron chi connectivity index (χ1n) is 9.26. The molecule has 0 bridgehead atoms. The summed E-state index contributed by atoms with van der Waals surface area (Å²) in [5, 5.41) is 9.13. The zero-order chi connectivity index (χ0) is 19.9. The summed E-state index contributed by atoms with van der Waals surface area (Å²) in [6.07, 6.45) is 1.85. The number of aryl methyl sites for hydroxylation is 1. The van der Waals surface area contributed by atoms with Crippen molar-refractivity contribution in [3.63, 3.8) is 0 Å². The second kappa shape index (κ2) is 9.37. The van der Waals surface area contributed by atoms with Crippen molar-refractivity contribution in [3.8, 4) is 17.0 Å². The van der Waals surface area contributed by atoms with Crippen LogP contribution < -0.4 is 15.4 Å². The molecule has 1 amide bonds. The van der Waals surface area contributed by atoms with Crippen molar-refractivity contribution in [2.45, 2.75) is 32.7 Å². The number of carbonyl (C=O) groups excluding carboxylic acids is 1. The first-order chi connectivity index (χ1) is 13.5. The molecule has 2 aromatic carbocycles. The van der Waals surface area contributed by atoms with Crippen LogP contribution in [0.25, 0.3) is 11.3 Å². The van der Waals surface area contributed by atoms with Crippen LogP contribution in [0.3, 0.4) is 0 Å². The molecular weight excluding hydrogens is 370 g/mol. The molecule has 0 aliphatic carbocycles. The van der Waals surface area contributed by atoms with Crippen molar-refractivity contribution in [1.29, 1.82) is 0 Å².